The van der Waals surface area contributed by atoms with Crippen LogP contribution in [0.2, 0.25) is 10.0 Å². The van der Waals surface area contributed by atoms with E-state index in [1.165, 1.54) is 19.0 Å². The molecule has 4 amide bonds. The zero-order valence-electron chi connectivity index (χ0n) is 18.7. The number of aryl methyl sites for hydroxylation is 2. The smallest absolute Gasteiger partial charge is 0.321 e. The first-order valence-electron chi connectivity index (χ1n) is 9.98. The molecule has 0 aliphatic carbocycles. The molecule has 0 fully saturated rings. The number of likely N-dealkylation sites (N-methyl/N-ethyl adjacent to an activating group) is 2. The summed E-state index contributed by atoms with van der Waals surface area (Å²) in [6.45, 7) is 3.49. The predicted octanol–water partition coefficient (Wildman–Crippen LogP) is 3.94. The highest BCUT2D eigenvalue weighted by atomic mass is 35.5. The maximum absolute atomic E-state index is 13.1. The van der Waals surface area contributed by atoms with Gasteiger partial charge in [-0.25, -0.2) is 9.78 Å². The second-order valence-corrected chi connectivity index (χ2v) is 8.94. The number of aromatic nitrogens is 2. The number of amides is 4. The Morgan fingerprint density at radius 2 is 1.94 bits per heavy atom. The third kappa shape index (κ3) is 5.66. The van der Waals surface area contributed by atoms with Crippen molar-refractivity contribution in [3.05, 3.63) is 61.9 Å². The first kappa shape index (κ1) is 25.5. The first-order valence-corrected chi connectivity index (χ1v) is 11.6. The molecule has 0 aliphatic rings. The summed E-state index contributed by atoms with van der Waals surface area (Å²) in [6.07, 6.45) is 0. The lowest BCUT2D eigenvalue weighted by Gasteiger charge is -2.25. The van der Waals surface area contributed by atoms with Gasteiger partial charge in [-0.05, 0) is 31.5 Å². The van der Waals surface area contributed by atoms with Crippen molar-refractivity contribution in [3.8, 4) is 0 Å². The van der Waals surface area contributed by atoms with Crippen LogP contribution in [-0.2, 0) is 11.3 Å². The third-order valence-corrected chi connectivity index (χ3v) is 6.42. The van der Waals surface area contributed by atoms with E-state index in [0.717, 1.165) is 16.9 Å². The minimum atomic E-state index is -1.03. The van der Waals surface area contributed by atoms with Gasteiger partial charge >= 0.3 is 6.03 Å². The van der Waals surface area contributed by atoms with Crippen LogP contribution >= 0.6 is 34.5 Å². The molecule has 2 heterocycles. The summed E-state index contributed by atoms with van der Waals surface area (Å²) in [5, 5.41) is 14.3. The van der Waals surface area contributed by atoms with E-state index in [4.69, 9.17) is 27.7 Å². The Kier molecular flexibility index (Phi) is 8.13. The Labute approximate surface area is 209 Å². The van der Waals surface area contributed by atoms with Crippen molar-refractivity contribution in [2.75, 3.05) is 19.4 Å². The van der Waals surface area contributed by atoms with E-state index in [9.17, 15) is 14.4 Å². The summed E-state index contributed by atoms with van der Waals surface area (Å²) < 4.78 is 5.07. The fraction of sp³-hybridized carbons (Fsp3) is 0.286. The number of anilines is 1. The highest BCUT2D eigenvalue weighted by molar-refractivity contribution is 7.14. The van der Waals surface area contributed by atoms with Crippen molar-refractivity contribution in [2.24, 2.45) is 0 Å². The number of nitrogens with zero attached hydrogens (tertiary/aromatic N) is 3. The molecule has 0 spiro atoms. The van der Waals surface area contributed by atoms with Gasteiger partial charge in [0.05, 0.1) is 21.4 Å². The van der Waals surface area contributed by atoms with Gasteiger partial charge in [-0.1, -0.05) is 34.4 Å². The molecule has 2 aromatic heterocycles. The van der Waals surface area contributed by atoms with Crippen LogP contribution in [0.15, 0.2) is 28.1 Å². The Balaban J connectivity index is 1.71. The van der Waals surface area contributed by atoms with Crippen LogP contribution in [0.5, 0.6) is 0 Å². The molecule has 3 aromatic rings. The van der Waals surface area contributed by atoms with Gasteiger partial charge in [-0.2, -0.15) is 0 Å². The highest BCUT2D eigenvalue weighted by Crippen LogP contribution is 2.27. The Morgan fingerprint density at radius 1 is 1.21 bits per heavy atom. The number of thiazole rings is 1. The number of benzene rings is 1. The SMILES string of the molecule is CNC(=O)C(c1csc(NC(=O)NCc2ccc(Cl)c(Cl)c2)n1)N(C)C(=O)c1c(C)noc1C. The van der Waals surface area contributed by atoms with E-state index in [2.05, 4.69) is 26.1 Å². The molecular formula is C21H22Cl2N6O4S. The number of halogens is 2. The van der Waals surface area contributed by atoms with E-state index in [1.807, 2.05) is 0 Å². The van der Waals surface area contributed by atoms with Crippen LogP contribution in [0.1, 0.15) is 39.1 Å². The molecule has 3 rings (SSSR count). The molecule has 1 aromatic carbocycles. The maximum atomic E-state index is 13.1. The molecule has 0 radical (unpaired) electrons. The summed E-state index contributed by atoms with van der Waals surface area (Å²) in [5.74, 6) is -0.528. The zero-order valence-corrected chi connectivity index (χ0v) is 21.1. The van der Waals surface area contributed by atoms with Gasteiger partial charge in [-0.3, -0.25) is 14.9 Å². The van der Waals surface area contributed by atoms with E-state index >= 15 is 0 Å². The van der Waals surface area contributed by atoms with Crippen LogP contribution in [0.25, 0.3) is 0 Å². The van der Waals surface area contributed by atoms with Crippen molar-refractivity contribution in [2.45, 2.75) is 26.4 Å². The molecular weight excluding hydrogens is 503 g/mol. The predicted molar refractivity (Wildman–Crippen MR) is 129 cm³/mol. The van der Waals surface area contributed by atoms with Crippen LogP contribution in [0.4, 0.5) is 9.93 Å². The summed E-state index contributed by atoms with van der Waals surface area (Å²) >= 11 is 13.0. The van der Waals surface area contributed by atoms with Crippen molar-refractivity contribution in [1.82, 2.24) is 25.7 Å². The fourth-order valence-electron chi connectivity index (χ4n) is 3.17. The zero-order chi connectivity index (χ0) is 25.0. The molecule has 0 bridgehead atoms. The molecule has 0 saturated heterocycles. The molecule has 10 nitrogen and oxygen atoms in total. The third-order valence-electron chi connectivity index (χ3n) is 4.91. The quantitative estimate of drug-likeness (QED) is 0.429. The molecule has 1 unspecified atom stereocenters. The second kappa shape index (κ2) is 10.9. The van der Waals surface area contributed by atoms with Crippen molar-refractivity contribution in [1.29, 1.82) is 0 Å². The Morgan fingerprint density at radius 3 is 2.56 bits per heavy atom. The number of carbonyl (C=O) groups excluding carboxylic acids is 3. The molecule has 0 aliphatic heterocycles. The summed E-state index contributed by atoms with van der Waals surface area (Å²) in [5.41, 5.74) is 1.77. The van der Waals surface area contributed by atoms with Gasteiger partial charge in [0.25, 0.3) is 5.91 Å². The van der Waals surface area contributed by atoms with Gasteiger partial charge in [0.15, 0.2) is 11.2 Å². The lowest BCUT2D eigenvalue weighted by atomic mass is 10.1. The van der Waals surface area contributed by atoms with Crippen LogP contribution in [0, 0.1) is 13.8 Å². The molecule has 13 heteroatoms. The summed E-state index contributed by atoms with van der Waals surface area (Å²) in [6, 6.07) is 3.52. The molecule has 3 N–H and O–H groups in total. The maximum Gasteiger partial charge on any atom is 0.321 e. The average Bonchev–Trinajstić information content (AvgIpc) is 3.39. The monoisotopic (exact) mass is 524 g/mol. The molecule has 180 valence electrons. The Hall–Kier alpha value is -3.15. The minimum absolute atomic E-state index is 0.219. The highest BCUT2D eigenvalue weighted by Gasteiger charge is 2.33. The van der Waals surface area contributed by atoms with Gasteiger partial charge in [0.1, 0.15) is 11.3 Å². The van der Waals surface area contributed by atoms with E-state index in [1.54, 1.807) is 37.4 Å². The molecule has 0 saturated carbocycles. The number of hydrogen-bond acceptors (Lipinski definition) is 7. The van der Waals surface area contributed by atoms with E-state index < -0.39 is 23.9 Å². The fourth-order valence-corrected chi connectivity index (χ4v) is 4.21. The van der Waals surface area contributed by atoms with Crippen molar-refractivity contribution < 1.29 is 18.9 Å². The largest absolute Gasteiger partial charge is 0.361 e. The number of urea groups is 1. The standard InChI is InChI=1S/C21H22Cl2N6O4S/c1-10-16(11(2)33-28-10)19(31)29(4)17(18(30)24-3)15-9-34-21(26-15)27-20(32)25-8-12-5-6-13(22)14(23)7-12/h5-7,9,17H,8H2,1-4H3,(H,24,30)(H2,25,26,27,32). The van der Waals surface area contributed by atoms with Crippen LogP contribution in [-0.4, -0.2) is 47.0 Å². The number of nitrogens with one attached hydrogen (secondary N) is 3. The number of rotatable bonds is 7. The molecule has 34 heavy (non-hydrogen) atoms. The minimum Gasteiger partial charge on any atom is -0.361 e. The average molecular weight is 525 g/mol. The summed E-state index contributed by atoms with van der Waals surface area (Å²) in [7, 11) is 2.95. The van der Waals surface area contributed by atoms with Gasteiger partial charge < -0.3 is 20.1 Å². The number of hydrogen-bond donors (Lipinski definition) is 3. The van der Waals surface area contributed by atoms with Crippen molar-refractivity contribution >= 4 is 57.5 Å². The lowest BCUT2D eigenvalue weighted by Crippen LogP contribution is -2.41. The first-order chi connectivity index (χ1) is 16.1. The molecule has 1 atom stereocenters. The number of carbonyl (C=O) groups is 3. The van der Waals surface area contributed by atoms with Crippen molar-refractivity contribution in [3.63, 3.8) is 0 Å². The van der Waals surface area contributed by atoms with Gasteiger partial charge in [0.2, 0.25) is 5.91 Å². The van der Waals surface area contributed by atoms with E-state index in [-0.39, 0.29) is 17.2 Å². The van der Waals surface area contributed by atoms with Crippen LogP contribution in [0.3, 0.4) is 0 Å². The Bertz CT molecular complexity index is 1210. The normalized spacial score (nSPS) is 11.6. The second-order valence-electron chi connectivity index (χ2n) is 7.27. The van der Waals surface area contributed by atoms with Crippen LogP contribution < -0.4 is 16.0 Å². The van der Waals surface area contributed by atoms with Gasteiger partial charge in [0, 0.05) is 26.0 Å². The summed E-state index contributed by atoms with van der Waals surface area (Å²) in [4.78, 5) is 43.6. The topological polar surface area (TPSA) is 129 Å². The van der Waals surface area contributed by atoms with Gasteiger partial charge in [-0.15, -0.1) is 11.3 Å². The van der Waals surface area contributed by atoms with E-state index in [0.29, 0.717) is 27.2 Å². The lowest BCUT2D eigenvalue weighted by molar-refractivity contribution is -0.125.